The summed E-state index contributed by atoms with van der Waals surface area (Å²) in [5.41, 5.74) is 19.4. The van der Waals surface area contributed by atoms with E-state index in [0.717, 1.165) is 17.4 Å². The van der Waals surface area contributed by atoms with Gasteiger partial charge in [0.25, 0.3) is 6.33 Å². The van der Waals surface area contributed by atoms with Crippen molar-refractivity contribution in [2.24, 2.45) is 0 Å². The predicted octanol–water partition coefficient (Wildman–Crippen LogP) is 23.8. The Morgan fingerprint density at radius 1 is 0.337 bits per heavy atom. The first-order valence-corrected chi connectivity index (χ1v) is 33.7. The maximum Gasteiger partial charge on any atom is 1.00 e. The molecule has 0 N–H and O–H groups in total. The van der Waals surface area contributed by atoms with Crippen LogP contribution in [0.1, 0.15) is 102 Å². The molecular formula is C79H64AuCl8F5N2. The van der Waals surface area contributed by atoms with Crippen LogP contribution in [-0.4, -0.2) is 25.9 Å². The summed E-state index contributed by atoms with van der Waals surface area (Å²) in [7, 11) is 0. The normalized spacial score (nSPS) is 10.5. The number of halogens is 13. The molecule has 1 heterocycles. The zero-order chi connectivity index (χ0) is 67.4. The third kappa shape index (κ3) is 20.9. The molecule has 2 nitrogen and oxygen atoms in total. The van der Waals surface area contributed by atoms with Gasteiger partial charge >= 0.3 is 22.4 Å². The SMILES string of the molecule is Cc1cc(C(c2ccccc2)c2ccccc2)c(-n2[c-][n+](-c3c(C(c4ccccc4)c4ccccc4)cc(C)cc3C(c3ccccc3)c3ccccc3)cc2)c(C(c2ccccc2)c2ccccc2)c1.ClCCl.ClCCl.ClCCl.ClCCl.Fc1[c-]c(F)c(F)c(F)c1F.[Au+]. The molecule has 12 rings (SSSR count). The van der Waals surface area contributed by atoms with E-state index in [4.69, 9.17) is 92.8 Å². The van der Waals surface area contributed by atoms with E-state index in [1.807, 2.05) is 0 Å². The number of nitrogens with zero attached hydrogens (tertiary/aromatic N) is 2. The Morgan fingerprint density at radius 2 is 0.547 bits per heavy atom. The second-order valence-corrected chi connectivity index (χ2v) is 24.1. The number of rotatable bonds is 14. The molecule has 0 unspecified atom stereocenters. The van der Waals surface area contributed by atoms with Crippen molar-refractivity contribution in [2.75, 3.05) is 21.4 Å². The first-order valence-electron chi connectivity index (χ1n) is 29.4. The van der Waals surface area contributed by atoms with Gasteiger partial charge in [-0.1, -0.05) is 278 Å². The van der Waals surface area contributed by atoms with Gasteiger partial charge in [-0.05, 0) is 80.6 Å². The summed E-state index contributed by atoms with van der Waals surface area (Å²) in [5.74, 6) is -10.3. The molecule has 11 aromatic carbocycles. The molecule has 492 valence electrons. The fourth-order valence-corrected chi connectivity index (χ4v) is 11.5. The summed E-state index contributed by atoms with van der Waals surface area (Å²) < 4.78 is 64.5. The minimum atomic E-state index is -2.17. The Labute approximate surface area is 609 Å². The molecule has 0 atom stereocenters. The topological polar surface area (TPSA) is 8.81 Å². The van der Waals surface area contributed by atoms with Crippen molar-refractivity contribution in [3.8, 4) is 11.4 Å². The summed E-state index contributed by atoms with van der Waals surface area (Å²) in [5, 5.41) is 0.778. The van der Waals surface area contributed by atoms with Crippen molar-refractivity contribution < 1.29 is 48.9 Å². The second-order valence-electron chi connectivity index (χ2n) is 20.8. The first kappa shape index (κ1) is 77.3. The van der Waals surface area contributed by atoms with Crippen LogP contribution < -0.4 is 4.57 Å². The molecule has 0 aliphatic rings. The molecule has 0 fully saturated rings. The van der Waals surface area contributed by atoms with Gasteiger partial charge in [-0.2, -0.15) is 0 Å². The number of aryl methyl sites for hydroxylation is 2. The first-order chi connectivity index (χ1) is 45.8. The number of imidazole rings is 1. The zero-order valence-electron chi connectivity index (χ0n) is 51.3. The minimum Gasteiger partial charge on any atom is -0.298 e. The van der Waals surface area contributed by atoms with Crippen molar-refractivity contribution in [3.63, 3.8) is 0 Å². The average Bonchev–Trinajstić information content (AvgIpc) is 1.74. The van der Waals surface area contributed by atoms with Gasteiger partial charge in [0.2, 0.25) is 0 Å². The molecule has 0 amide bonds. The molecular weight excluding hydrogens is 1550 g/mol. The summed E-state index contributed by atoms with van der Waals surface area (Å²) in [6, 6.07) is 98.7. The van der Waals surface area contributed by atoms with E-state index in [1.54, 1.807) is 0 Å². The number of aromatic nitrogens is 2. The van der Waals surface area contributed by atoms with Gasteiger partial charge in [0.05, 0.1) is 61.8 Å². The van der Waals surface area contributed by atoms with E-state index in [2.05, 4.69) is 309 Å². The van der Waals surface area contributed by atoms with Crippen LogP contribution in [0.15, 0.2) is 279 Å². The van der Waals surface area contributed by atoms with Crippen molar-refractivity contribution in [2.45, 2.75) is 37.5 Å². The Kier molecular flexibility index (Phi) is 33.2. The zero-order valence-corrected chi connectivity index (χ0v) is 59.5. The maximum atomic E-state index is 12.0. The van der Waals surface area contributed by atoms with E-state index >= 15 is 0 Å². The van der Waals surface area contributed by atoms with Gasteiger partial charge in [0.1, 0.15) is 0 Å². The molecule has 0 spiro atoms. The largest absolute Gasteiger partial charge is 1.00 e. The molecule has 0 radical (unpaired) electrons. The monoisotopic (exact) mass is 1610 g/mol. The third-order valence-corrected chi connectivity index (χ3v) is 15.0. The van der Waals surface area contributed by atoms with Gasteiger partial charge in [-0.25, -0.2) is 13.2 Å². The van der Waals surface area contributed by atoms with Crippen LogP contribution in [0.5, 0.6) is 0 Å². The van der Waals surface area contributed by atoms with Gasteiger partial charge in [0.15, 0.2) is 0 Å². The van der Waals surface area contributed by atoms with Crippen LogP contribution in [0.3, 0.4) is 0 Å². The predicted molar refractivity (Wildman–Crippen MR) is 382 cm³/mol. The van der Waals surface area contributed by atoms with Gasteiger partial charge in [0, 0.05) is 36.1 Å². The van der Waals surface area contributed by atoms with E-state index < -0.39 is 29.1 Å². The minimum absolute atomic E-state index is 0. The molecule has 1 aromatic heterocycles. The number of benzene rings is 11. The standard InChI is InChI=1S/C69H56N2.C6F5.4CH2Cl2.Au/c1-50-45-60(64(52-27-11-3-12-28-52)53-29-13-4-14-30-53)68(61(46-50)65(54-31-15-5-16-32-54)55-33-17-6-18-34-55)70-43-44-71(49-70)69-62(66(56-35-19-7-20-36-56)57-37-21-8-22-38-57)47-51(2)48-63(69)67(58-39-23-9-24-40-58)59-41-25-10-26-42-59;7-2-1-3(8)5(10)6(11)4(2)9;4*2-1-3;/h3-48,64-67H,1-2H3;;4*1H2;/q;-1;;;;;+1. The summed E-state index contributed by atoms with van der Waals surface area (Å²) in [6.45, 7) is 4.50. The van der Waals surface area contributed by atoms with Crippen molar-refractivity contribution in [1.82, 2.24) is 4.57 Å². The summed E-state index contributed by atoms with van der Waals surface area (Å²) >= 11 is 38.1. The van der Waals surface area contributed by atoms with E-state index in [-0.39, 0.29) is 67.4 Å². The Bertz CT molecular complexity index is 3540. The van der Waals surface area contributed by atoms with Gasteiger partial charge in [-0.3, -0.25) is 17.9 Å². The quantitative estimate of drug-likeness (QED) is 0.0150. The summed E-state index contributed by atoms with van der Waals surface area (Å²) in [6.07, 6.45) is 8.59. The van der Waals surface area contributed by atoms with Crippen molar-refractivity contribution >= 4 is 92.8 Å². The average molecular weight is 1620 g/mol. The van der Waals surface area contributed by atoms with E-state index in [1.165, 1.54) is 77.9 Å². The summed E-state index contributed by atoms with van der Waals surface area (Å²) in [4.78, 5) is 0. The van der Waals surface area contributed by atoms with Crippen molar-refractivity contribution in [1.29, 1.82) is 0 Å². The Morgan fingerprint density at radius 3 is 0.779 bits per heavy atom. The number of hydrogen-bond acceptors (Lipinski definition) is 0. The Hall–Kier alpha value is -6.66. The molecule has 0 saturated heterocycles. The fraction of sp³-hybridized carbons (Fsp3) is 0.127. The van der Waals surface area contributed by atoms with Gasteiger partial charge in [-0.15, -0.1) is 98.9 Å². The number of hydrogen-bond donors (Lipinski definition) is 0. The molecule has 0 bridgehead atoms. The van der Waals surface area contributed by atoms with Crippen LogP contribution in [0.2, 0.25) is 0 Å². The van der Waals surface area contributed by atoms with Crippen molar-refractivity contribution in [3.05, 3.63) is 399 Å². The fourth-order valence-electron chi connectivity index (χ4n) is 11.5. The Balaban J connectivity index is 0.000000513. The van der Waals surface area contributed by atoms with Crippen LogP contribution >= 0.6 is 92.8 Å². The van der Waals surface area contributed by atoms with Crippen LogP contribution in [-0.2, 0) is 22.4 Å². The molecule has 0 aliphatic heterocycles. The van der Waals surface area contributed by atoms with Gasteiger partial charge < -0.3 is 0 Å². The third-order valence-electron chi connectivity index (χ3n) is 15.0. The van der Waals surface area contributed by atoms with Crippen LogP contribution in [0, 0.1) is 55.3 Å². The van der Waals surface area contributed by atoms with Crippen LogP contribution in [0.4, 0.5) is 22.0 Å². The molecule has 95 heavy (non-hydrogen) atoms. The van der Waals surface area contributed by atoms with E-state index in [9.17, 15) is 22.0 Å². The molecule has 0 saturated carbocycles. The molecule has 16 heteroatoms. The second kappa shape index (κ2) is 40.8. The smallest absolute Gasteiger partial charge is 0.298 e. The van der Waals surface area contributed by atoms with E-state index in [0.29, 0.717) is 0 Å². The molecule has 12 aromatic rings. The number of alkyl halides is 8. The van der Waals surface area contributed by atoms with Crippen LogP contribution in [0.25, 0.3) is 11.4 Å². The maximum absolute atomic E-state index is 12.0. The molecule has 0 aliphatic carbocycles.